The maximum absolute atomic E-state index is 11.1. The molecule has 0 aliphatic rings. The van der Waals surface area contributed by atoms with Gasteiger partial charge >= 0.3 is 5.69 Å². The Bertz CT molecular complexity index is 579. The number of hydrogen-bond acceptors (Lipinski definition) is 5. The van der Waals surface area contributed by atoms with Crippen LogP contribution in [0.3, 0.4) is 0 Å². The lowest BCUT2D eigenvalue weighted by atomic mass is 10.2. The van der Waals surface area contributed by atoms with E-state index in [1.54, 1.807) is 6.07 Å². The molecule has 3 N–H and O–H groups in total. The predicted octanol–water partition coefficient (Wildman–Crippen LogP) is 0.952. The Morgan fingerprint density at radius 1 is 1.60 bits per heavy atom. The fraction of sp³-hybridized carbons (Fsp3) is 0. The number of thiophene rings is 1. The topological polar surface area (TPSA) is 95.6 Å². The molecule has 0 spiro atoms. The number of aromatic nitrogens is 2. The summed E-state index contributed by atoms with van der Waals surface area (Å²) in [5.74, 6) is -0.0374. The van der Waals surface area contributed by atoms with E-state index in [2.05, 4.69) is 9.97 Å². The number of nitriles is 1. The summed E-state index contributed by atoms with van der Waals surface area (Å²) < 4.78 is 0. The predicted molar refractivity (Wildman–Crippen MR) is 57.3 cm³/mol. The quantitative estimate of drug-likeness (QED) is 0.744. The van der Waals surface area contributed by atoms with Crippen LogP contribution in [0.25, 0.3) is 10.6 Å². The summed E-state index contributed by atoms with van der Waals surface area (Å²) in [4.78, 5) is 17.9. The Labute approximate surface area is 88.8 Å². The van der Waals surface area contributed by atoms with Crippen LogP contribution in [0.5, 0.6) is 0 Å². The highest BCUT2D eigenvalue weighted by molar-refractivity contribution is 7.13. The second-order valence-corrected chi connectivity index (χ2v) is 3.71. The van der Waals surface area contributed by atoms with Gasteiger partial charge in [-0.1, -0.05) is 6.07 Å². The molecule has 0 saturated heterocycles. The van der Waals surface area contributed by atoms with Gasteiger partial charge in [0.2, 0.25) is 0 Å². The molecule has 0 aromatic carbocycles. The third-order valence-electron chi connectivity index (χ3n) is 1.84. The molecule has 0 saturated carbocycles. The van der Waals surface area contributed by atoms with Crippen LogP contribution in [-0.4, -0.2) is 9.97 Å². The highest BCUT2D eigenvalue weighted by Crippen LogP contribution is 2.26. The number of rotatable bonds is 1. The zero-order chi connectivity index (χ0) is 10.8. The number of nitrogens with zero attached hydrogens (tertiary/aromatic N) is 2. The van der Waals surface area contributed by atoms with Gasteiger partial charge in [-0.2, -0.15) is 10.2 Å². The van der Waals surface area contributed by atoms with E-state index in [-0.39, 0.29) is 11.4 Å². The maximum Gasteiger partial charge on any atom is 0.347 e. The van der Waals surface area contributed by atoms with Gasteiger partial charge in [-0.25, -0.2) is 4.79 Å². The molecule has 0 atom stereocenters. The average molecular weight is 218 g/mol. The Morgan fingerprint density at radius 2 is 2.40 bits per heavy atom. The molecule has 6 heteroatoms. The molecule has 5 nitrogen and oxygen atoms in total. The average Bonchev–Trinajstić information content (AvgIpc) is 2.69. The van der Waals surface area contributed by atoms with E-state index in [0.29, 0.717) is 5.69 Å². The summed E-state index contributed by atoms with van der Waals surface area (Å²) in [6.45, 7) is 0. The lowest BCUT2D eigenvalue weighted by molar-refractivity contribution is 1.08. The second-order valence-electron chi connectivity index (χ2n) is 2.77. The third-order valence-corrected chi connectivity index (χ3v) is 2.73. The van der Waals surface area contributed by atoms with Gasteiger partial charge in [0.15, 0.2) is 0 Å². The Morgan fingerprint density at radius 3 is 3.00 bits per heavy atom. The van der Waals surface area contributed by atoms with Crippen molar-refractivity contribution in [3.05, 3.63) is 33.6 Å². The molecule has 2 aromatic heterocycles. The van der Waals surface area contributed by atoms with E-state index in [4.69, 9.17) is 11.0 Å². The third kappa shape index (κ3) is 1.60. The molecule has 2 heterocycles. The number of nitrogen functional groups attached to an aromatic ring is 1. The van der Waals surface area contributed by atoms with Crippen molar-refractivity contribution in [2.45, 2.75) is 0 Å². The first-order valence-corrected chi connectivity index (χ1v) is 4.94. The minimum absolute atomic E-state index is 0.0374. The van der Waals surface area contributed by atoms with Crippen LogP contribution in [0.1, 0.15) is 5.56 Å². The normalized spacial score (nSPS) is 9.80. The van der Waals surface area contributed by atoms with Crippen LogP contribution >= 0.6 is 11.3 Å². The summed E-state index contributed by atoms with van der Waals surface area (Å²) in [5, 5.41) is 10.8. The molecule has 2 rings (SSSR count). The van der Waals surface area contributed by atoms with Gasteiger partial charge in [0.05, 0.1) is 10.6 Å². The van der Waals surface area contributed by atoms with E-state index in [1.165, 1.54) is 11.3 Å². The van der Waals surface area contributed by atoms with Crippen LogP contribution in [0.15, 0.2) is 22.3 Å². The largest absolute Gasteiger partial charge is 0.382 e. The molecule has 0 aliphatic carbocycles. The van der Waals surface area contributed by atoms with Crippen molar-refractivity contribution in [2.24, 2.45) is 0 Å². The standard InChI is InChI=1S/C9H6N4OS/c10-4-5-7(6-2-1-3-15-6)12-9(14)13-8(5)11/h1-3H,(H3,11,12,13,14). The number of H-pyrrole nitrogens is 1. The number of anilines is 1. The summed E-state index contributed by atoms with van der Waals surface area (Å²) in [5.41, 5.74) is 5.58. The molecule has 74 valence electrons. The van der Waals surface area contributed by atoms with Crippen molar-refractivity contribution in [3.8, 4) is 16.6 Å². The molecule has 0 amide bonds. The summed E-state index contributed by atoms with van der Waals surface area (Å²) in [7, 11) is 0. The van der Waals surface area contributed by atoms with E-state index in [0.717, 1.165) is 4.88 Å². The smallest absolute Gasteiger partial charge is 0.347 e. The molecule has 2 aromatic rings. The second kappa shape index (κ2) is 3.55. The fourth-order valence-electron chi connectivity index (χ4n) is 1.21. The molecule has 0 unspecified atom stereocenters. The van der Waals surface area contributed by atoms with Crippen LogP contribution in [0, 0.1) is 11.3 Å². The number of hydrogen-bond donors (Lipinski definition) is 2. The van der Waals surface area contributed by atoms with Gasteiger partial charge in [0.25, 0.3) is 0 Å². The van der Waals surface area contributed by atoms with Crippen molar-refractivity contribution in [2.75, 3.05) is 5.73 Å². The molecular weight excluding hydrogens is 212 g/mol. The Kier molecular flexibility index (Phi) is 2.23. The molecule has 0 aliphatic heterocycles. The monoisotopic (exact) mass is 218 g/mol. The first-order valence-electron chi connectivity index (χ1n) is 4.06. The molecule has 0 fully saturated rings. The van der Waals surface area contributed by atoms with Crippen molar-refractivity contribution in [1.29, 1.82) is 5.26 Å². The molecule has 15 heavy (non-hydrogen) atoms. The fourth-order valence-corrected chi connectivity index (χ4v) is 1.94. The first kappa shape index (κ1) is 9.43. The lowest BCUT2D eigenvalue weighted by Crippen LogP contribution is -2.15. The first-order chi connectivity index (χ1) is 7.22. The zero-order valence-corrected chi connectivity index (χ0v) is 8.34. The van der Waals surface area contributed by atoms with Gasteiger partial charge in [0, 0.05) is 0 Å². The minimum atomic E-state index is -0.546. The van der Waals surface area contributed by atoms with Crippen molar-refractivity contribution < 1.29 is 0 Å². The van der Waals surface area contributed by atoms with Gasteiger partial charge in [-0.3, -0.25) is 0 Å². The van der Waals surface area contributed by atoms with Crippen LogP contribution in [-0.2, 0) is 0 Å². The van der Waals surface area contributed by atoms with Crippen LogP contribution < -0.4 is 11.4 Å². The summed E-state index contributed by atoms with van der Waals surface area (Å²) in [6.07, 6.45) is 0. The number of aromatic amines is 1. The van der Waals surface area contributed by atoms with Crippen LogP contribution in [0.4, 0.5) is 5.82 Å². The minimum Gasteiger partial charge on any atom is -0.382 e. The Hall–Kier alpha value is -2.13. The molecule has 0 bridgehead atoms. The molecule has 0 radical (unpaired) electrons. The Balaban J connectivity index is 2.77. The van der Waals surface area contributed by atoms with Gasteiger partial charge in [-0.05, 0) is 11.4 Å². The van der Waals surface area contributed by atoms with E-state index < -0.39 is 5.69 Å². The van der Waals surface area contributed by atoms with E-state index in [9.17, 15) is 4.79 Å². The van der Waals surface area contributed by atoms with E-state index in [1.807, 2.05) is 17.5 Å². The summed E-state index contributed by atoms with van der Waals surface area (Å²) >= 11 is 1.42. The van der Waals surface area contributed by atoms with Crippen molar-refractivity contribution in [3.63, 3.8) is 0 Å². The van der Waals surface area contributed by atoms with Crippen molar-refractivity contribution >= 4 is 17.2 Å². The van der Waals surface area contributed by atoms with Gasteiger partial charge in [-0.15, -0.1) is 11.3 Å². The van der Waals surface area contributed by atoms with Gasteiger partial charge in [0.1, 0.15) is 17.5 Å². The zero-order valence-electron chi connectivity index (χ0n) is 7.52. The SMILES string of the molecule is N#Cc1c(N)nc(=O)[nH]c1-c1cccs1. The molecular formula is C9H6N4OS. The van der Waals surface area contributed by atoms with Crippen molar-refractivity contribution in [1.82, 2.24) is 9.97 Å². The number of nitrogens with two attached hydrogens (primary N) is 1. The highest BCUT2D eigenvalue weighted by atomic mass is 32.1. The summed E-state index contributed by atoms with van der Waals surface area (Å²) in [6, 6.07) is 5.56. The maximum atomic E-state index is 11.1. The van der Waals surface area contributed by atoms with Crippen LogP contribution in [0.2, 0.25) is 0 Å². The number of nitrogens with one attached hydrogen (secondary N) is 1. The van der Waals surface area contributed by atoms with Gasteiger partial charge < -0.3 is 10.7 Å². The lowest BCUT2D eigenvalue weighted by Gasteiger charge is -2.01. The van der Waals surface area contributed by atoms with E-state index >= 15 is 0 Å². The highest BCUT2D eigenvalue weighted by Gasteiger charge is 2.11.